The predicted octanol–water partition coefficient (Wildman–Crippen LogP) is 4.94. The predicted molar refractivity (Wildman–Crippen MR) is 111 cm³/mol. The fourth-order valence-corrected chi connectivity index (χ4v) is 3.20. The van der Waals surface area contributed by atoms with E-state index < -0.39 is 5.63 Å². The highest BCUT2D eigenvalue weighted by atomic mass is 79.9. The van der Waals surface area contributed by atoms with Crippen LogP contribution < -0.4 is 10.4 Å². The molecule has 0 aliphatic carbocycles. The highest BCUT2D eigenvalue weighted by molar-refractivity contribution is 9.10. The molecule has 6 heteroatoms. The van der Waals surface area contributed by atoms with Crippen LogP contribution in [0, 0.1) is 6.92 Å². The molecule has 0 aliphatic rings. The topological polar surface area (TPSA) is 65.7 Å². The van der Waals surface area contributed by atoms with Gasteiger partial charge in [-0.25, -0.2) is 4.79 Å². The quantitative estimate of drug-likeness (QED) is 0.381. The molecule has 1 aromatic heterocycles. The second-order valence-corrected chi connectivity index (χ2v) is 7.34. The van der Waals surface area contributed by atoms with Gasteiger partial charge in [-0.05, 0) is 55.2 Å². The maximum atomic E-state index is 11.8. The van der Waals surface area contributed by atoms with Crippen LogP contribution in [0.2, 0.25) is 0 Å². The number of fused-ring (bicyclic) bond motifs is 1. The lowest BCUT2D eigenvalue weighted by Gasteiger charge is -2.13. The first kappa shape index (κ1) is 20.1. The number of ether oxygens (including phenoxy) is 2. The van der Waals surface area contributed by atoms with E-state index in [9.17, 15) is 9.59 Å². The summed E-state index contributed by atoms with van der Waals surface area (Å²) in [6.07, 6.45) is 0.729. The summed E-state index contributed by atoms with van der Waals surface area (Å²) in [5.41, 5.74) is 2.77. The van der Waals surface area contributed by atoms with Gasteiger partial charge in [0.2, 0.25) is 0 Å². The van der Waals surface area contributed by atoms with Gasteiger partial charge in [-0.3, -0.25) is 4.79 Å². The highest BCUT2D eigenvalue weighted by Gasteiger charge is 2.13. The SMILES string of the molecule is CCOC(=O)CCc1cc2c(C)cc(=O)oc2cc1OCc1ccc(Br)cc1. The monoisotopic (exact) mass is 444 g/mol. The van der Waals surface area contributed by atoms with Crippen LogP contribution >= 0.6 is 15.9 Å². The molecule has 0 bridgehead atoms. The third-order valence-corrected chi connectivity index (χ3v) is 4.87. The molecule has 1 heterocycles. The van der Waals surface area contributed by atoms with Crippen molar-refractivity contribution in [2.24, 2.45) is 0 Å². The summed E-state index contributed by atoms with van der Waals surface area (Å²) in [7, 11) is 0. The number of hydrogen-bond acceptors (Lipinski definition) is 5. The molecule has 5 nitrogen and oxygen atoms in total. The van der Waals surface area contributed by atoms with E-state index >= 15 is 0 Å². The Hall–Kier alpha value is -2.60. The molecule has 0 unspecified atom stereocenters. The van der Waals surface area contributed by atoms with Gasteiger partial charge in [0.1, 0.15) is 17.9 Å². The van der Waals surface area contributed by atoms with E-state index in [0.717, 1.165) is 26.5 Å². The smallest absolute Gasteiger partial charge is 0.336 e. The zero-order valence-electron chi connectivity index (χ0n) is 15.8. The van der Waals surface area contributed by atoms with Crippen molar-refractivity contribution in [2.75, 3.05) is 6.61 Å². The van der Waals surface area contributed by atoms with Gasteiger partial charge in [-0.15, -0.1) is 0 Å². The summed E-state index contributed by atoms with van der Waals surface area (Å²) in [4.78, 5) is 23.5. The second-order valence-electron chi connectivity index (χ2n) is 6.42. The van der Waals surface area contributed by atoms with Crippen LogP contribution in [0.5, 0.6) is 5.75 Å². The van der Waals surface area contributed by atoms with Crippen LogP contribution in [0.3, 0.4) is 0 Å². The molecule has 0 N–H and O–H groups in total. The van der Waals surface area contributed by atoms with E-state index in [-0.39, 0.29) is 12.4 Å². The Morgan fingerprint density at radius 3 is 2.61 bits per heavy atom. The first-order chi connectivity index (χ1) is 13.5. The van der Waals surface area contributed by atoms with Gasteiger partial charge in [0.05, 0.1) is 6.61 Å². The van der Waals surface area contributed by atoms with Gasteiger partial charge in [-0.1, -0.05) is 28.1 Å². The standard InChI is InChI=1S/C22H21BrO5/c1-3-26-21(24)9-6-16-11-18-14(2)10-22(25)28-20(18)12-19(16)27-13-15-4-7-17(23)8-5-15/h4-5,7-8,10-12H,3,6,9,13H2,1-2H3. The van der Waals surface area contributed by atoms with Crippen molar-refractivity contribution in [3.05, 3.63) is 74.0 Å². The van der Waals surface area contributed by atoms with Gasteiger partial charge in [0.15, 0.2) is 0 Å². The van der Waals surface area contributed by atoms with Gasteiger partial charge >= 0.3 is 11.6 Å². The molecule has 0 spiro atoms. The normalized spacial score (nSPS) is 10.8. The molecule has 0 amide bonds. The van der Waals surface area contributed by atoms with E-state index in [1.54, 1.807) is 13.0 Å². The van der Waals surface area contributed by atoms with E-state index in [0.29, 0.717) is 31.0 Å². The minimum Gasteiger partial charge on any atom is -0.488 e. The lowest BCUT2D eigenvalue weighted by molar-refractivity contribution is -0.143. The Morgan fingerprint density at radius 1 is 1.14 bits per heavy atom. The first-order valence-corrected chi connectivity index (χ1v) is 9.86. The number of carbonyl (C=O) groups excluding carboxylic acids is 1. The summed E-state index contributed by atoms with van der Waals surface area (Å²) in [6.45, 7) is 4.36. The number of halogens is 1. The van der Waals surface area contributed by atoms with Crippen LogP contribution in [-0.2, 0) is 22.6 Å². The average Bonchev–Trinajstić information content (AvgIpc) is 2.66. The Morgan fingerprint density at radius 2 is 1.89 bits per heavy atom. The molecule has 0 radical (unpaired) electrons. The Bertz CT molecular complexity index is 1040. The molecule has 0 saturated heterocycles. The van der Waals surface area contributed by atoms with E-state index in [4.69, 9.17) is 13.9 Å². The average molecular weight is 445 g/mol. The molecule has 0 saturated carbocycles. The Kier molecular flexibility index (Phi) is 6.52. The lowest BCUT2D eigenvalue weighted by atomic mass is 10.0. The third kappa shape index (κ3) is 5.01. The summed E-state index contributed by atoms with van der Waals surface area (Å²) >= 11 is 3.41. The molecule has 0 atom stereocenters. The lowest BCUT2D eigenvalue weighted by Crippen LogP contribution is -2.07. The van der Waals surface area contributed by atoms with Gasteiger partial charge in [0.25, 0.3) is 0 Å². The van der Waals surface area contributed by atoms with Crippen LogP contribution in [0.25, 0.3) is 11.0 Å². The number of hydrogen-bond donors (Lipinski definition) is 0. The minimum absolute atomic E-state index is 0.252. The molecular weight excluding hydrogens is 424 g/mol. The molecule has 146 valence electrons. The molecule has 28 heavy (non-hydrogen) atoms. The van der Waals surface area contributed by atoms with Crippen molar-refractivity contribution in [3.8, 4) is 5.75 Å². The van der Waals surface area contributed by atoms with Crippen LogP contribution in [-0.4, -0.2) is 12.6 Å². The molecule has 3 rings (SSSR count). The highest BCUT2D eigenvalue weighted by Crippen LogP contribution is 2.29. The van der Waals surface area contributed by atoms with Crippen molar-refractivity contribution >= 4 is 32.9 Å². The van der Waals surface area contributed by atoms with Gasteiger partial charge < -0.3 is 13.9 Å². The third-order valence-electron chi connectivity index (χ3n) is 4.34. The van der Waals surface area contributed by atoms with Crippen molar-refractivity contribution in [3.63, 3.8) is 0 Å². The Balaban J connectivity index is 1.91. The number of rotatable bonds is 7. The van der Waals surface area contributed by atoms with Crippen LogP contribution in [0.1, 0.15) is 30.0 Å². The molecule has 2 aromatic carbocycles. The largest absolute Gasteiger partial charge is 0.488 e. The van der Waals surface area contributed by atoms with Crippen molar-refractivity contribution < 1.29 is 18.7 Å². The molecular formula is C22H21BrO5. The van der Waals surface area contributed by atoms with Gasteiger partial charge in [-0.2, -0.15) is 0 Å². The van der Waals surface area contributed by atoms with Crippen LogP contribution in [0.15, 0.2) is 56.1 Å². The van der Waals surface area contributed by atoms with E-state index in [1.807, 2.05) is 37.3 Å². The molecule has 0 fully saturated rings. The van der Waals surface area contributed by atoms with Gasteiger partial charge in [0, 0.05) is 28.4 Å². The Labute approximate surface area is 171 Å². The van der Waals surface area contributed by atoms with E-state index in [2.05, 4.69) is 15.9 Å². The summed E-state index contributed by atoms with van der Waals surface area (Å²) < 4.78 is 17.4. The number of aryl methyl sites for hydroxylation is 2. The van der Waals surface area contributed by atoms with Crippen molar-refractivity contribution in [2.45, 2.75) is 33.3 Å². The summed E-state index contributed by atoms with van der Waals surface area (Å²) in [6, 6.07) is 12.9. The maximum absolute atomic E-state index is 11.8. The molecule has 3 aromatic rings. The van der Waals surface area contributed by atoms with Crippen molar-refractivity contribution in [1.82, 2.24) is 0 Å². The zero-order valence-corrected chi connectivity index (χ0v) is 17.4. The summed E-state index contributed by atoms with van der Waals surface area (Å²) in [5.74, 6) is 0.339. The fourth-order valence-electron chi connectivity index (χ4n) is 2.93. The fraction of sp³-hybridized carbons (Fsp3) is 0.273. The van der Waals surface area contributed by atoms with E-state index in [1.165, 1.54) is 6.07 Å². The number of carbonyl (C=O) groups is 1. The second kappa shape index (κ2) is 9.06. The number of esters is 1. The number of benzene rings is 2. The molecule has 0 aliphatic heterocycles. The maximum Gasteiger partial charge on any atom is 0.336 e. The summed E-state index contributed by atoms with van der Waals surface area (Å²) in [5, 5.41) is 0.828. The minimum atomic E-state index is -0.400. The van der Waals surface area contributed by atoms with Crippen LogP contribution in [0.4, 0.5) is 0 Å². The first-order valence-electron chi connectivity index (χ1n) is 9.06. The van der Waals surface area contributed by atoms with Crippen molar-refractivity contribution in [1.29, 1.82) is 0 Å². The zero-order chi connectivity index (χ0) is 20.1.